The van der Waals surface area contributed by atoms with Crippen LogP contribution in [-0.4, -0.2) is 36.7 Å². The van der Waals surface area contributed by atoms with E-state index in [1.54, 1.807) is 12.3 Å². The molecule has 2 aromatic rings. The zero-order valence-electron chi connectivity index (χ0n) is 15.3. The van der Waals surface area contributed by atoms with Gasteiger partial charge < -0.3 is 5.32 Å². The summed E-state index contributed by atoms with van der Waals surface area (Å²) in [5.74, 6) is -2.78. The average molecular weight is 409 g/mol. The van der Waals surface area contributed by atoms with Gasteiger partial charge >= 0.3 is 0 Å². The van der Waals surface area contributed by atoms with Crippen molar-refractivity contribution in [3.63, 3.8) is 0 Å². The molecule has 1 aromatic carbocycles. The standard InChI is InChI=1S/C19H21F2N3O3S/c1-13(18-4-2-3-9-22-18)23-19(25)14-7-10-24(11-8-14)28(26,27)15-5-6-16(20)17(21)12-15/h2-6,9,12-14H,7-8,10-11H2,1H3,(H,23,25). The van der Waals surface area contributed by atoms with E-state index in [1.165, 1.54) is 4.31 Å². The second-order valence-corrected chi connectivity index (χ2v) is 8.68. The van der Waals surface area contributed by atoms with Gasteiger partial charge in [0.25, 0.3) is 0 Å². The fourth-order valence-corrected chi connectivity index (χ4v) is 4.66. The number of hydrogen-bond acceptors (Lipinski definition) is 4. The minimum Gasteiger partial charge on any atom is -0.348 e. The smallest absolute Gasteiger partial charge is 0.243 e. The molecule has 28 heavy (non-hydrogen) atoms. The molecule has 1 aromatic heterocycles. The lowest BCUT2D eigenvalue weighted by atomic mass is 9.97. The Hall–Kier alpha value is -2.39. The second kappa shape index (κ2) is 8.32. The Balaban J connectivity index is 1.60. The van der Waals surface area contributed by atoms with Crippen molar-refractivity contribution in [1.29, 1.82) is 0 Å². The molecule has 150 valence electrons. The van der Waals surface area contributed by atoms with Gasteiger partial charge in [-0.2, -0.15) is 4.31 Å². The minimum absolute atomic E-state index is 0.136. The number of rotatable bonds is 5. The predicted molar refractivity (Wildman–Crippen MR) is 98.6 cm³/mol. The van der Waals surface area contributed by atoms with Gasteiger partial charge in [-0.05, 0) is 50.1 Å². The highest BCUT2D eigenvalue weighted by molar-refractivity contribution is 7.89. The van der Waals surface area contributed by atoms with E-state index in [-0.39, 0.29) is 35.9 Å². The number of halogens is 2. The Kier molecular flexibility index (Phi) is 6.04. The van der Waals surface area contributed by atoms with Crippen molar-refractivity contribution in [3.8, 4) is 0 Å². The maximum absolute atomic E-state index is 13.4. The topological polar surface area (TPSA) is 79.4 Å². The molecular formula is C19H21F2N3O3S. The van der Waals surface area contributed by atoms with Crippen LogP contribution in [0, 0.1) is 17.6 Å². The summed E-state index contributed by atoms with van der Waals surface area (Å²) >= 11 is 0. The van der Waals surface area contributed by atoms with Crippen LogP contribution in [0.5, 0.6) is 0 Å². The summed E-state index contributed by atoms with van der Waals surface area (Å²) < 4.78 is 52.9. The number of amides is 1. The molecule has 3 rings (SSSR count). The highest BCUT2D eigenvalue weighted by Crippen LogP contribution is 2.25. The third-order valence-electron chi connectivity index (χ3n) is 4.84. The Morgan fingerprint density at radius 3 is 2.50 bits per heavy atom. The number of benzene rings is 1. The van der Waals surface area contributed by atoms with Crippen LogP contribution in [0.4, 0.5) is 8.78 Å². The van der Waals surface area contributed by atoms with E-state index in [0.717, 1.165) is 17.8 Å². The lowest BCUT2D eigenvalue weighted by Crippen LogP contribution is -2.43. The van der Waals surface area contributed by atoms with Gasteiger partial charge in [-0.25, -0.2) is 17.2 Å². The SMILES string of the molecule is CC(NC(=O)C1CCN(S(=O)(=O)c2ccc(F)c(F)c2)CC1)c1ccccn1. The van der Waals surface area contributed by atoms with E-state index in [9.17, 15) is 22.0 Å². The van der Waals surface area contributed by atoms with Gasteiger partial charge in [0.05, 0.1) is 16.6 Å². The molecule has 1 fully saturated rings. The van der Waals surface area contributed by atoms with Crippen LogP contribution < -0.4 is 5.32 Å². The van der Waals surface area contributed by atoms with E-state index in [0.29, 0.717) is 18.9 Å². The van der Waals surface area contributed by atoms with Crippen molar-refractivity contribution in [2.24, 2.45) is 5.92 Å². The lowest BCUT2D eigenvalue weighted by molar-refractivity contribution is -0.126. The molecule has 1 amide bonds. The first-order valence-electron chi connectivity index (χ1n) is 8.95. The number of carbonyl (C=O) groups excluding carboxylic acids is 1. The Labute approximate surface area is 162 Å². The van der Waals surface area contributed by atoms with Gasteiger partial charge in [-0.15, -0.1) is 0 Å². The van der Waals surface area contributed by atoms with Crippen LogP contribution in [0.3, 0.4) is 0 Å². The largest absolute Gasteiger partial charge is 0.348 e. The maximum Gasteiger partial charge on any atom is 0.243 e. The quantitative estimate of drug-likeness (QED) is 0.823. The predicted octanol–water partition coefficient (Wildman–Crippen LogP) is 2.64. The molecule has 0 spiro atoms. The fraction of sp³-hybridized carbons (Fsp3) is 0.368. The molecule has 2 heterocycles. The zero-order chi connectivity index (χ0) is 20.3. The average Bonchev–Trinajstić information content (AvgIpc) is 2.70. The third kappa shape index (κ3) is 4.36. The fourth-order valence-electron chi connectivity index (χ4n) is 3.18. The van der Waals surface area contributed by atoms with Gasteiger partial charge in [0.1, 0.15) is 0 Å². The molecule has 0 bridgehead atoms. The Morgan fingerprint density at radius 2 is 1.89 bits per heavy atom. The Morgan fingerprint density at radius 1 is 1.18 bits per heavy atom. The number of carbonyl (C=O) groups is 1. The monoisotopic (exact) mass is 409 g/mol. The first-order valence-corrected chi connectivity index (χ1v) is 10.4. The third-order valence-corrected chi connectivity index (χ3v) is 6.74. The second-order valence-electron chi connectivity index (χ2n) is 6.74. The number of hydrogen-bond donors (Lipinski definition) is 1. The van der Waals surface area contributed by atoms with Crippen molar-refractivity contribution in [1.82, 2.24) is 14.6 Å². The van der Waals surface area contributed by atoms with Crippen LogP contribution in [0.1, 0.15) is 31.5 Å². The maximum atomic E-state index is 13.4. The Bertz CT molecular complexity index is 946. The summed E-state index contributed by atoms with van der Waals surface area (Å²) in [6, 6.07) is 7.72. The molecule has 1 aliphatic rings. The number of aromatic nitrogens is 1. The van der Waals surface area contributed by atoms with Crippen molar-refractivity contribution in [2.75, 3.05) is 13.1 Å². The molecule has 9 heteroatoms. The van der Waals surface area contributed by atoms with E-state index in [2.05, 4.69) is 10.3 Å². The van der Waals surface area contributed by atoms with Crippen molar-refractivity contribution in [3.05, 3.63) is 59.9 Å². The molecule has 0 radical (unpaired) electrons. The van der Waals surface area contributed by atoms with Crippen LogP contribution in [-0.2, 0) is 14.8 Å². The molecule has 6 nitrogen and oxygen atoms in total. The van der Waals surface area contributed by atoms with E-state index >= 15 is 0 Å². The van der Waals surface area contributed by atoms with Gasteiger partial charge in [0.15, 0.2) is 11.6 Å². The van der Waals surface area contributed by atoms with Gasteiger partial charge in [0.2, 0.25) is 15.9 Å². The van der Waals surface area contributed by atoms with Crippen molar-refractivity contribution in [2.45, 2.75) is 30.7 Å². The lowest BCUT2D eigenvalue weighted by Gasteiger charge is -2.31. The highest BCUT2D eigenvalue weighted by Gasteiger charge is 2.33. The molecule has 1 saturated heterocycles. The molecule has 0 aliphatic carbocycles. The minimum atomic E-state index is -3.93. The van der Waals surface area contributed by atoms with E-state index < -0.39 is 21.7 Å². The van der Waals surface area contributed by atoms with Crippen molar-refractivity contribution < 1.29 is 22.0 Å². The first kappa shape index (κ1) is 20.3. The van der Waals surface area contributed by atoms with Crippen LogP contribution in [0.2, 0.25) is 0 Å². The van der Waals surface area contributed by atoms with Crippen molar-refractivity contribution >= 4 is 15.9 Å². The number of nitrogens with zero attached hydrogens (tertiary/aromatic N) is 2. The zero-order valence-corrected chi connectivity index (χ0v) is 16.1. The van der Waals surface area contributed by atoms with Crippen LogP contribution in [0.25, 0.3) is 0 Å². The number of piperidine rings is 1. The van der Waals surface area contributed by atoms with Crippen LogP contribution in [0.15, 0.2) is 47.5 Å². The number of nitrogens with one attached hydrogen (secondary N) is 1. The summed E-state index contributed by atoms with van der Waals surface area (Å²) in [4.78, 5) is 16.4. The molecule has 1 aliphatic heterocycles. The summed E-state index contributed by atoms with van der Waals surface area (Å²) in [5.41, 5.74) is 0.745. The van der Waals surface area contributed by atoms with Crippen LogP contribution >= 0.6 is 0 Å². The normalized spacial score (nSPS) is 17.2. The molecular weight excluding hydrogens is 388 g/mol. The number of sulfonamides is 1. The van der Waals surface area contributed by atoms with E-state index in [4.69, 9.17) is 0 Å². The summed E-state index contributed by atoms with van der Waals surface area (Å²) in [6.07, 6.45) is 2.35. The molecule has 0 saturated carbocycles. The van der Waals surface area contributed by atoms with Gasteiger partial charge in [-0.3, -0.25) is 9.78 Å². The molecule has 1 atom stereocenters. The summed E-state index contributed by atoms with van der Waals surface area (Å²) in [5, 5.41) is 2.90. The molecule has 1 unspecified atom stereocenters. The first-order chi connectivity index (χ1) is 13.3. The van der Waals surface area contributed by atoms with Gasteiger partial charge in [0, 0.05) is 25.2 Å². The molecule has 1 N–H and O–H groups in total. The van der Waals surface area contributed by atoms with Gasteiger partial charge in [-0.1, -0.05) is 6.07 Å². The number of pyridine rings is 1. The van der Waals surface area contributed by atoms with E-state index in [1.807, 2.05) is 19.1 Å². The summed E-state index contributed by atoms with van der Waals surface area (Å²) in [6.45, 7) is 2.11. The highest BCUT2D eigenvalue weighted by atomic mass is 32.2. The summed E-state index contributed by atoms with van der Waals surface area (Å²) in [7, 11) is -3.93.